The first-order valence-electron chi connectivity index (χ1n) is 7.98. The molecule has 4 heteroatoms. The molecule has 0 aliphatic carbocycles. The molecule has 22 heavy (non-hydrogen) atoms. The van der Waals surface area contributed by atoms with Crippen molar-refractivity contribution in [1.82, 2.24) is 14.6 Å². The average Bonchev–Trinajstić information content (AvgIpc) is 3.03. The van der Waals surface area contributed by atoms with E-state index in [9.17, 15) is 0 Å². The molecule has 3 aromatic heterocycles. The van der Waals surface area contributed by atoms with Crippen molar-refractivity contribution < 1.29 is 0 Å². The molecular weight excluding hydrogens is 290 g/mol. The Morgan fingerprint density at radius 1 is 1.18 bits per heavy atom. The maximum absolute atomic E-state index is 4.83. The van der Waals surface area contributed by atoms with E-state index in [0.29, 0.717) is 5.92 Å². The second-order valence-corrected chi connectivity index (χ2v) is 6.88. The highest BCUT2D eigenvalue weighted by Crippen LogP contribution is 2.35. The molecule has 116 valence electrons. The lowest BCUT2D eigenvalue weighted by molar-refractivity contribution is 0.598. The van der Waals surface area contributed by atoms with Crippen LogP contribution in [0.5, 0.6) is 0 Å². The van der Waals surface area contributed by atoms with Gasteiger partial charge in [-0.3, -0.25) is 0 Å². The number of hydrogen-bond donors (Lipinski definition) is 0. The van der Waals surface area contributed by atoms with Gasteiger partial charge in [-0.25, -0.2) is 9.50 Å². The van der Waals surface area contributed by atoms with Crippen LogP contribution in [0.3, 0.4) is 0 Å². The first-order valence-corrected chi connectivity index (χ1v) is 8.86. The van der Waals surface area contributed by atoms with E-state index in [4.69, 9.17) is 10.1 Å². The summed E-state index contributed by atoms with van der Waals surface area (Å²) in [4.78, 5) is 6.10. The number of fused-ring (bicyclic) bond motifs is 1. The van der Waals surface area contributed by atoms with Gasteiger partial charge in [-0.1, -0.05) is 13.8 Å². The summed E-state index contributed by atoms with van der Waals surface area (Å²) < 4.78 is 2.08. The summed E-state index contributed by atoms with van der Waals surface area (Å²) in [6.45, 7) is 10.8. The Morgan fingerprint density at radius 2 is 1.91 bits per heavy atom. The Labute approximate surface area is 136 Å². The number of hydrogen-bond acceptors (Lipinski definition) is 3. The predicted octanol–water partition coefficient (Wildman–Crippen LogP) is 5.29. The van der Waals surface area contributed by atoms with Gasteiger partial charge in [-0.2, -0.15) is 5.10 Å². The molecule has 3 aromatic rings. The highest BCUT2D eigenvalue weighted by molar-refractivity contribution is 7.13. The van der Waals surface area contributed by atoms with Gasteiger partial charge in [0.25, 0.3) is 0 Å². The summed E-state index contributed by atoms with van der Waals surface area (Å²) >= 11 is 1.77. The molecule has 0 atom stereocenters. The lowest BCUT2D eigenvalue weighted by Gasteiger charge is -2.15. The van der Waals surface area contributed by atoms with Crippen molar-refractivity contribution in [3.63, 3.8) is 0 Å². The molecule has 0 spiro atoms. The van der Waals surface area contributed by atoms with Gasteiger partial charge in [0.2, 0.25) is 0 Å². The van der Waals surface area contributed by atoms with E-state index < -0.39 is 0 Å². The van der Waals surface area contributed by atoms with Crippen molar-refractivity contribution in [3.8, 4) is 10.4 Å². The Balaban J connectivity index is 2.33. The standard InChI is InChI=1S/C18H23N3S/c1-6-14(7-2)15-10-12(4)19-18-16(13(5)20-21(15)18)17-11(3)8-9-22-17/h8-10,14H,6-7H2,1-5H3. The molecule has 0 aromatic carbocycles. The second kappa shape index (κ2) is 5.84. The lowest BCUT2D eigenvalue weighted by atomic mass is 9.98. The minimum Gasteiger partial charge on any atom is -0.233 e. The number of rotatable bonds is 4. The zero-order valence-corrected chi connectivity index (χ0v) is 14.8. The smallest absolute Gasteiger partial charge is 0.164 e. The molecule has 0 aliphatic heterocycles. The van der Waals surface area contributed by atoms with Crippen molar-refractivity contribution in [3.05, 3.63) is 40.2 Å². The van der Waals surface area contributed by atoms with E-state index in [0.717, 1.165) is 29.9 Å². The monoisotopic (exact) mass is 313 g/mol. The van der Waals surface area contributed by atoms with Gasteiger partial charge in [0.1, 0.15) is 0 Å². The maximum atomic E-state index is 4.83. The van der Waals surface area contributed by atoms with E-state index in [-0.39, 0.29) is 0 Å². The minimum absolute atomic E-state index is 0.529. The summed E-state index contributed by atoms with van der Waals surface area (Å²) in [6, 6.07) is 4.36. The van der Waals surface area contributed by atoms with E-state index in [1.165, 1.54) is 21.7 Å². The molecule has 3 rings (SSSR count). The van der Waals surface area contributed by atoms with Crippen molar-refractivity contribution in [2.45, 2.75) is 53.4 Å². The van der Waals surface area contributed by atoms with E-state index in [1.54, 1.807) is 11.3 Å². The molecule has 3 nitrogen and oxygen atoms in total. The van der Waals surface area contributed by atoms with Crippen molar-refractivity contribution >= 4 is 17.0 Å². The number of thiophene rings is 1. The van der Waals surface area contributed by atoms with Crippen molar-refractivity contribution in [1.29, 1.82) is 0 Å². The van der Waals surface area contributed by atoms with Crippen LogP contribution in [-0.4, -0.2) is 14.6 Å². The van der Waals surface area contributed by atoms with Crippen molar-refractivity contribution in [2.24, 2.45) is 0 Å². The summed E-state index contributed by atoms with van der Waals surface area (Å²) in [7, 11) is 0. The molecule has 0 N–H and O–H groups in total. The molecular formula is C18H23N3S. The average molecular weight is 313 g/mol. The Hall–Kier alpha value is -1.68. The largest absolute Gasteiger partial charge is 0.233 e. The predicted molar refractivity (Wildman–Crippen MR) is 93.8 cm³/mol. The number of aryl methyl sites for hydroxylation is 3. The third-order valence-corrected chi connectivity index (χ3v) is 5.45. The van der Waals surface area contributed by atoms with Gasteiger partial charge in [-0.15, -0.1) is 11.3 Å². The topological polar surface area (TPSA) is 30.2 Å². The van der Waals surface area contributed by atoms with E-state index in [1.807, 2.05) is 0 Å². The zero-order valence-electron chi connectivity index (χ0n) is 14.0. The van der Waals surface area contributed by atoms with Crippen LogP contribution in [0.4, 0.5) is 0 Å². The lowest BCUT2D eigenvalue weighted by Crippen LogP contribution is -2.07. The molecule has 3 heterocycles. The summed E-state index contributed by atoms with van der Waals surface area (Å²) in [6.07, 6.45) is 2.25. The Morgan fingerprint density at radius 3 is 2.50 bits per heavy atom. The van der Waals surface area contributed by atoms with Gasteiger partial charge >= 0.3 is 0 Å². The molecule has 0 fully saturated rings. The Bertz CT molecular complexity index is 809. The summed E-state index contributed by atoms with van der Waals surface area (Å²) in [5, 5.41) is 6.97. The maximum Gasteiger partial charge on any atom is 0.164 e. The van der Waals surface area contributed by atoms with Crippen LogP contribution in [0.2, 0.25) is 0 Å². The van der Waals surface area contributed by atoms with Gasteiger partial charge in [0.15, 0.2) is 5.65 Å². The quantitative estimate of drug-likeness (QED) is 0.655. The fraction of sp³-hybridized carbons (Fsp3) is 0.444. The molecule has 0 saturated carbocycles. The second-order valence-electron chi connectivity index (χ2n) is 5.96. The molecule has 0 bridgehead atoms. The van der Waals surface area contributed by atoms with E-state index >= 15 is 0 Å². The highest BCUT2D eigenvalue weighted by Gasteiger charge is 2.20. The summed E-state index contributed by atoms with van der Waals surface area (Å²) in [5.41, 5.74) is 6.93. The van der Waals surface area contributed by atoms with Crippen LogP contribution in [0.1, 0.15) is 55.3 Å². The molecule has 0 amide bonds. The third kappa shape index (κ3) is 2.35. The molecule has 0 radical (unpaired) electrons. The SMILES string of the molecule is CCC(CC)c1cc(C)nc2c(-c3sccc3C)c(C)nn12. The highest BCUT2D eigenvalue weighted by atomic mass is 32.1. The van der Waals surface area contributed by atoms with Gasteiger partial charge in [0.05, 0.1) is 11.3 Å². The zero-order chi connectivity index (χ0) is 15.9. The molecule has 0 aliphatic rings. The van der Waals surface area contributed by atoms with Crippen LogP contribution < -0.4 is 0 Å². The molecule has 0 saturated heterocycles. The van der Waals surface area contributed by atoms with Crippen LogP contribution in [0, 0.1) is 20.8 Å². The number of nitrogens with zero attached hydrogens (tertiary/aromatic N) is 3. The van der Waals surface area contributed by atoms with Crippen LogP contribution in [0.25, 0.3) is 16.1 Å². The van der Waals surface area contributed by atoms with Crippen LogP contribution in [0.15, 0.2) is 17.5 Å². The Kier molecular flexibility index (Phi) is 4.04. The van der Waals surface area contributed by atoms with Gasteiger partial charge in [-0.05, 0) is 56.7 Å². The van der Waals surface area contributed by atoms with Gasteiger partial charge in [0, 0.05) is 22.2 Å². The molecule has 0 unspecified atom stereocenters. The fourth-order valence-corrected chi connectivity index (χ4v) is 4.18. The van der Waals surface area contributed by atoms with Crippen molar-refractivity contribution in [2.75, 3.05) is 0 Å². The fourth-order valence-electron chi connectivity index (χ4n) is 3.17. The first kappa shape index (κ1) is 15.2. The van der Waals surface area contributed by atoms with Crippen LogP contribution in [-0.2, 0) is 0 Å². The summed E-state index contributed by atoms with van der Waals surface area (Å²) in [5.74, 6) is 0.529. The third-order valence-electron chi connectivity index (χ3n) is 4.41. The van der Waals surface area contributed by atoms with Crippen LogP contribution >= 0.6 is 11.3 Å². The first-order chi connectivity index (χ1) is 10.6. The number of aromatic nitrogens is 3. The van der Waals surface area contributed by atoms with E-state index in [2.05, 4.69) is 56.6 Å². The normalized spacial score (nSPS) is 11.7. The van der Waals surface area contributed by atoms with Gasteiger partial charge < -0.3 is 0 Å². The minimum atomic E-state index is 0.529.